The number of likely N-dealkylation sites (tertiary alicyclic amines) is 1. The molecule has 2 nitrogen and oxygen atoms in total. The van der Waals surface area contributed by atoms with Crippen molar-refractivity contribution in [1.29, 1.82) is 0 Å². The molecule has 0 aromatic carbocycles. The van der Waals surface area contributed by atoms with Gasteiger partial charge in [0.2, 0.25) is 0 Å². The van der Waals surface area contributed by atoms with Gasteiger partial charge in [0, 0.05) is 12.5 Å². The summed E-state index contributed by atoms with van der Waals surface area (Å²) in [5.41, 5.74) is 0. The molecule has 0 amide bonds. The molecule has 0 unspecified atom stereocenters. The lowest BCUT2D eigenvalue weighted by Crippen LogP contribution is -2.47. The monoisotopic (exact) mass is 165 g/mol. The fourth-order valence-corrected chi connectivity index (χ4v) is 1.87. The van der Waals surface area contributed by atoms with Crippen molar-refractivity contribution in [3.63, 3.8) is 0 Å². The van der Waals surface area contributed by atoms with Crippen LogP contribution < -0.4 is 0 Å². The number of ether oxygens (including phenoxy) is 1. The van der Waals surface area contributed by atoms with Crippen LogP contribution in [-0.2, 0) is 4.74 Å². The van der Waals surface area contributed by atoms with E-state index < -0.39 is 0 Å². The first-order valence-electron chi connectivity index (χ1n) is 4.64. The number of hydrogen-bond acceptors (Lipinski definition) is 2. The van der Waals surface area contributed by atoms with Crippen LogP contribution in [0.3, 0.4) is 0 Å². The van der Waals surface area contributed by atoms with E-state index in [1.807, 2.05) is 6.92 Å². The van der Waals surface area contributed by atoms with Gasteiger partial charge in [0.05, 0.1) is 19.3 Å². The normalized spacial score (nSPS) is 30.9. The van der Waals surface area contributed by atoms with Crippen LogP contribution in [0.5, 0.6) is 0 Å². The molecule has 0 aromatic heterocycles. The molecule has 0 aromatic rings. The molecule has 2 heteroatoms. The molecule has 0 bridgehead atoms. The van der Waals surface area contributed by atoms with E-state index >= 15 is 0 Å². The van der Waals surface area contributed by atoms with E-state index in [1.54, 1.807) is 0 Å². The highest BCUT2D eigenvalue weighted by Crippen LogP contribution is 2.21. The summed E-state index contributed by atoms with van der Waals surface area (Å²) in [6.07, 6.45) is 1.25. The van der Waals surface area contributed by atoms with Crippen LogP contribution in [0.1, 0.15) is 13.3 Å². The Morgan fingerprint density at radius 3 is 2.83 bits per heavy atom. The van der Waals surface area contributed by atoms with Gasteiger partial charge in [0.15, 0.2) is 0 Å². The van der Waals surface area contributed by atoms with Gasteiger partial charge in [-0.1, -0.05) is 5.92 Å². The molecule has 0 saturated carbocycles. The van der Waals surface area contributed by atoms with Crippen molar-refractivity contribution in [2.45, 2.75) is 19.4 Å². The van der Waals surface area contributed by atoms with Gasteiger partial charge in [0.25, 0.3) is 0 Å². The quantitative estimate of drug-likeness (QED) is 0.531. The van der Waals surface area contributed by atoms with Gasteiger partial charge in [-0.05, 0) is 19.9 Å². The van der Waals surface area contributed by atoms with Crippen molar-refractivity contribution in [2.24, 2.45) is 5.92 Å². The largest absolute Gasteiger partial charge is 0.378 e. The summed E-state index contributed by atoms with van der Waals surface area (Å²) in [4.78, 5) is 2.51. The molecule has 2 aliphatic rings. The van der Waals surface area contributed by atoms with E-state index in [4.69, 9.17) is 4.74 Å². The van der Waals surface area contributed by atoms with Crippen LogP contribution in [0.25, 0.3) is 0 Å². The third-order valence-corrected chi connectivity index (χ3v) is 2.71. The predicted molar refractivity (Wildman–Crippen MR) is 47.7 cm³/mol. The molecule has 12 heavy (non-hydrogen) atoms. The average molecular weight is 165 g/mol. The lowest BCUT2D eigenvalue weighted by molar-refractivity contribution is -0.0575. The summed E-state index contributed by atoms with van der Waals surface area (Å²) < 4.78 is 5.16. The Kier molecular flexibility index (Phi) is 2.34. The molecular weight excluding hydrogens is 150 g/mol. The van der Waals surface area contributed by atoms with Crippen LogP contribution in [0.15, 0.2) is 0 Å². The van der Waals surface area contributed by atoms with Gasteiger partial charge in [-0.3, -0.25) is 4.90 Å². The molecule has 0 radical (unpaired) electrons. The highest BCUT2D eigenvalue weighted by Gasteiger charge is 2.31. The number of hydrogen-bond donors (Lipinski definition) is 0. The third kappa shape index (κ3) is 1.48. The Labute approximate surface area is 73.9 Å². The Morgan fingerprint density at radius 2 is 2.25 bits per heavy atom. The van der Waals surface area contributed by atoms with Crippen LogP contribution in [0, 0.1) is 17.8 Å². The summed E-state index contributed by atoms with van der Waals surface area (Å²) >= 11 is 0. The molecule has 0 N–H and O–H groups in total. The fraction of sp³-hybridized carbons (Fsp3) is 0.800. The van der Waals surface area contributed by atoms with E-state index in [0.717, 1.165) is 19.8 Å². The van der Waals surface area contributed by atoms with Crippen molar-refractivity contribution in [3.8, 4) is 11.8 Å². The topological polar surface area (TPSA) is 12.5 Å². The van der Waals surface area contributed by atoms with E-state index in [0.29, 0.717) is 12.0 Å². The summed E-state index contributed by atoms with van der Waals surface area (Å²) in [5.74, 6) is 6.86. The highest BCUT2D eigenvalue weighted by atomic mass is 16.5. The maximum atomic E-state index is 5.16. The smallest absolute Gasteiger partial charge is 0.0645 e. The first kappa shape index (κ1) is 8.10. The number of rotatable bonds is 1. The van der Waals surface area contributed by atoms with Crippen molar-refractivity contribution in [2.75, 3.05) is 26.3 Å². The highest BCUT2D eigenvalue weighted by molar-refractivity contribution is 5.05. The molecule has 0 aliphatic carbocycles. The zero-order valence-corrected chi connectivity index (χ0v) is 7.55. The maximum absolute atomic E-state index is 5.16. The second-order valence-corrected chi connectivity index (χ2v) is 3.57. The lowest BCUT2D eigenvalue weighted by atomic mass is 10.1. The molecule has 2 saturated heterocycles. The van der Waals surface area contributed by atoms with Gasteiger partial charge in [0.1, 0.15) is 0 Å². The van der Waals surface area contributed by atoms with Crippen LogP contribution in [-0.4, -0.2) is 37.2 Å². The second kappa shape index (κ2) is 3.47. The molecule has 2 heterocycles. The van der Waals surface area contributed by atoms with E-state index in [9.17, 15) is 0 Å². The molecular formula is C10H15NO. The Morgan fingerprint density at radius 1 is 1.42 bits per heavy atom. The zero-order valence-electron chi connectivity index (χ0n) is 7.55. The minimum Gasteiger partial charge on any atom is -0.378 e. The minimum absolute atomic E-state index is 0.621. The second-order valence-electron chi connectivity index (χ2n) is 3.57. The third-order valence-electron chi connectivity index (χ3n) is 2.71. The maximum Gasteiger partial charge on any atom is 0.0645 e. The van der Waals surface area contributed by atoms with Crippen LogP contribution >= 0.6 is 0 Å². The first-order chi connectivity index (χ1) is 5.90. The standard InChI is InChI=1S/C10H15NO/c1-2-3-9-4-5-11(6-9)10-7-12-8-10/h9-10H,4-8H2,1H3/t9-/m1/s1. The Bertz CT molecular complexity index is 212. The van der Waals surface area contributed by atoms with Crippen LogP contribution in [0.4, 0.5) is 0 Å². The van der Waals surface area contributed by atoms with Crippen LogP contribution in [0.2, 0.25) is 0 Å². The number of nitrogens with zero attached hydrogens (tertiary/aromatic N) is 1. The summed E-state index contributed by atoms with van der Waals surface area (Å²) in [7, 11) is 0. The van der Waals surface area contributed by atoms with Crippen molar-refractivity contribution in [1.82, 2.24) is 4.90 Å². The molecule has 2 rings (SSSR count). The molecule has 1 atom stereocenters. The Hall–Kier alpha value is -0.520. The van der Waals surface area contributed by atoms with Crippen molar-refractivity contribution in [3.05, 3.63) is 0 Å². The van der Waals surface area contributed by atoms with E-state index in [-0.39, 0.29) is 0 Å². The summed E-state index contributed by atoms with van der Waals surface area (Å²) in [6.45, 7) is 6.18. The zero-order chi connectivity index (χ0) is 8.39. The first-order valence-corrected chi connectivity index (χ1v) is 4.64. The Balaban J connectivity index is 1.83. The predicted octanol–water partition coefficient (Wildman–Crippen LogP) is 0.730. The van der Waals surface area contributed by atoms with E-state index in [1.165, 1.54) is 13.0 Å². The van der Waals surface area contributed by atoms with Gasteiger partial charge in [-0.2, -0.15) is 0 Å². The summed E-state index contributed by atoms with van der Waals surface area (Å²) in [6, 6.07) is 0.702. The molecule has 2 aliphatic heterocycles. The molecule has 66 valence electrons. The van der Waals surface area contributed by atoms with Gasteiger partial charge in [-0.25, -0.2) is 0 Å². The SMILES string of the molecule is CC#C[C@@H]1CCN(C2COC2)C1. The van der Waals surface area contributed by atoms with E-state index in [2.05, 4.69) is 16.7 Å². The van der Waals surface area contributed by atoms with Gasteiger partial charge >= 0.3 is 0 Å². The van der Waals surface area contributed by atoms with Crippen molar-refractivity contribution >= 4 is 0 Å². The lowest BCUT2D eigenvalue weighted by Gasteiger charge is -2.34. The molecule has 0 spiro atoms. The average Bonchev–Trinajstić information content (AvgIpc) is 2.34. The summed E-state index contributed by atoms with van der Waals surface area (Å²) in [5, 5.41) is 0. The van der Waals surface area contributed by atoms with Gasteiger partial charge < -0.3 is 4.74 Å². The molecule has 2 fully saturated rings. The fourth-order valence-electron chi connectivity index (χ4n) is 1.87. The minimum atomic E-state index is 0.621. The van der Waals surface area contributed by atoms with Gasteiger partial charge in [-0.15, -0.1) is 5.92 Å². The van der Waals surface area contributed by atoms with Crippen molar-refractivity contribution < 1.29 is 4.74 Å².